The van der Waals surface area contributed by atoms with E-state index in [0.717, 1.165) is 22.3 Å². The number of sulfonamides is 1. The first kappa shape index (κ1) is 17.9. The van der Waals surface area contributed by atoms with E-state index in [0.29, 0.717) is 18.0 Å². The monoisotopic (exact) mass is 381 g/mol. The minimum Gasteiger partial charge on any atom is -0.276 e. The molecule has 1 atom stereocenters. The molecule has 4 rings (SSSR count). The SMILES string of the molecule is Cc1ccc(S(=O)(=O)N2Cc3ccccc3C(c3cnn(C)c3)C2)c(C)c1. The number of aromatic nitrogens is 2. The lowest BCUT2D eigenvalue weighted by molar-refractivity contribution is 0.371. The van der Waals surface area contributed by atoms with Crippen LogP contribution in [0.4, 0.5) is 0 Å². The van der Waals surface area contributed by atoms with Gasteiger partial charge in [-0.15, -0.1) is 0 Å². The minimum absolute atomic E-state index is 0.0239. The number of aryl methyl sites for hydroxylation is 3. The van der Waals surface area contributed by atoms with Gasteiger partial charge in [0.2, 0.25) is 10.0 Å². The molecule has 0 spiro atoms. The summed E-state index contributed by atoms with van der Waals surface area (Å²) in [5, 5.41) is 4.28. The van der Waals surface area contributed by atoms with Gasteiger partial charge in [0.15, 0.2) is 0 Å². The van der Waals surface area contributed by atoms with E-state index < -0.39 is 10.0 Å². The van der Waals surface area contributed by atoms with Crippen molar-refractivity contribution in [3.63, 3.8) is 0 Å². The summed E-state index contributed by atoms with van der Waals surface area (Å²) in [6.07, 6.45) is 3.80. The molecule has 0 amide bonds. The Morgan fingerprint density at radius 3 is 2.59 bits per heavy atom. The smallest absolute Gasteiger partial charge is 0.243 e. The molecule has 6 heteroatoms. The predicted molar refractivity (Wildman–Crippen MR) is 105 cm³/mol. The van der Waals surface area contributed by atoms with Crippen LogP contribution in [-0.2, 0) is 23.6 Å². The second-order valence-corrected chi connectivity index (χ2v) is 9.17. The number of nitrogens with zero attached hydrogens (tertiary/aromatic N) is 3. The normalized spacial score (nSPS) is 17.7. The van der Waals surface area contributed by atoms with Crippen LogP contribution in [0.2, 0.25) is 0 Å². The third-order valence-corrected chi connectivity index (χ3v) is 7.21. The van der Waals surface area contributed by atoms with Gasteiger partial charge in [0, 0.05) is 32.3 Å². The highest BCUT2D eigenvalue weighted by Crippen LogP contribution is 2.36. The summed E-state index contributed by atoms with van der Waals surface area (Å²) in [5.74, 6) is -0.0239. The Morgan fingerprint density at radius 1 is 1.11 bits per heavy atom. The summed E-state index contributed by atoms with van der Waals surface area (Å²) in [7, 11) is -1.70. The Hall–Kier alpha value is -2.44. The lowest BCUT2D eigenvalue weighted by Gasteiger charge is -2.34. The molecule has 0 radical (unpaired) electrons. The van der Waals surface area contributed by atoms with Gasteiger partial charge in [-0.25, -0.2) is 8.42 Å². The molecule has 2 heterocycles. The first-order chi connectivity index (χ1) is 12.9. The van der Waals surface area contributed by atoms with E-state index in [1.165, 1.54) is 5.56 Å². The van der Waals surface area contributed by atoms with Crippen LogP contribution in [0.15, 0.2) is 59.8 Å². The molecule has 1 aliphatic heterocycles. The zero-order valence-corrected chi connectivity index (χ0v) is 16.6. The largest absolute Gasteiger partial charge is 0.276 e. The van der Waals surface area contributed by atoms with E-state index in [1.807, 2.05) is 63.6 Å². The summed E-state index contributed by atoms with van der Waals surface area (Å²) >= 11 is 0. The van der Waals surface area contributed by atoms with Gasteiger partial charge in [0.25, 0.3) is 0 Å². The van der Waals surface area contributed by atoms with Crippen molar-refractivity contribution in [2.24, 2.45) is 7.05 Å². The number of rotatable bonds is 3. The van der Waals surface area contributed by atoms with Gasteiger partial charge >= 0.3 is 0 Å². The maximum atomic E-state index is 13.4. The first-order valence-corrected chi connectivity index (χ1v) is 10.4. The zero-order valence-electron chi connectivity index (χ0n) is 15.8. The van der Waals surface area contributed by atoms with Crippen molar-refractivity contribution in [2.45, 2.75) is 31.2 Å². The molecule has 1 aliphatic rings. The number of hydrogen-bond donors (Lipinski definition) is 0. The molecule has 0 fully saturated rings. The van der Waals surface area contributed by atoms with Crippen molar-refractivity contribution in [1.82, 2.24) is 14.1 Å². The summed E-state index contributed by atoms with van der Waals surface area (Å²) < 4.78 is 30.2. The van der Waals surface area contributed by atoms with E-state index in [-0.39, 0.29) is 5.92 Å². The Kier molecular flexibility index (Phi) is 4.40. The molecule has 1 unspecified atom stereocenters. The van der Waals surface area contributed by atoms with Gasteiger partial charge in [0.05, 0.1) is 11.1 Å². The molecular formula is C21H23N3O2S. The fourth-order valence-electron chi connectivity index (χ4n) is 3.89. The molecule has 0 saturated heterocycles. The van der Waals surface area contributed by atoms with Crippen molar-refractivity contribution in [3.8, 4) is 0 Å². The summed E-state index contributed by atoms with van der Waals surface area (Å²) in [4.78, 5) is 0.386. The molecule has 140 valence electrons. The summed E-state index contributed by atoms with van der Waals surface area (Å²) in [6, 6.07) is 13.6. The van der Waals surface area contributed by atoms with Crippen LogP contribution in [0.25, 0.3) is 0 Å². The Morgan fingerprint density at radius 2 is 1.89 bits per heavy atom. The van der Waals surface area contributed by atoms with Gasteiger partial charge in [-0.05, 0) is 42.2 Å². The molecule has 2 aromatic carbocycles. The quantitative estimate of drug-likeness (QED) is 0.699. The lowest BCUT2D eigenvalue weighted by Crippen LogP contribution is -2.38. The van der Waals surface area contributed by atoms with Gasteiger partial charge < -0.3 is 0 Å². The van der Waals surface area contributed by atoms with Gasteiger partial charge in [-0.1, -0.05) is 42.0 Å². The molecule has 0 N–H and O–H groups in total. The first-order valence-electron chi connectivity index (χ1n) is 9.00. The maximum absolute atomic E-state index is 13.4. The van der Waals surface area contributed by atoms with Crippen LogP contribution in [0.1, 0.15) is 33.7 Å². The fraction of sp³-hybridized carbons (Fsp3) is 0.286. The van der Waals surface area contributed by atoms with Crippen LogP contribution in [0, 0.1) is 13.8 Å². The minimum atomic E-state index is -3.58. The van der Waals surface area contributed by atoms with Crippen LogP contribution in [0.3, 0.4) is 0 Å². The average Bonchev–Trinajstić information content (AvgIpc) is 3.06. The standard InChI is InChI=1S/C21H23N3O2S/c1-15-8-9-21(16(2)10-15)27(25,26)24-13-17-6-4-5-7-19(17)20(14-24)18-11-22-23(3)12-18/h4-12,20H,13-14H2,1-3H3. The Bertz CT molecular complexity index is 1100. The molecule has 5 nitrogen and oxygen atoms in total. The highest BCUT2D eigenvalue weighted by molar-refractivity contribution is 7.89. The molecule has 27 heavy (non-hydrogen) atoms. The molecular weight excluding hydrogens is 358 g/mol. The molecule has 0 saturated carbocycles. The van der Waals surface area contributed by atoms with E-state index in [1.54, 1.807) is 15.1 Å². The molecule has 1 aromatic heterocycles. The van der Waals surface area contributed by atoms with Gasteiger partial charge in [-0.2, -0.15) is 9.40 Å². The second kappa shape index (κ2) is 6.62. The van der Waals surface area contributed by atoms with Crippen molar-refractivity contribution in [3.05, 3.63) is 82.7 Å². The van der Waals surface area contributed by atoms with Crippen molar-refractivity contribution in [2.75, 3.05) is 6.54 Å². The molecule has 0 aliphatic carbocycles. The van der Waals surface area contributed by atoms with E-state index >= 15 is 0 Å². The third kappa shape index (κ3) is 3.19. The third-order valence-electron chi connectivity index (χ3n) is 5.24. The highest BCUT2D eigenvalue weighted by Gasteiger charge is 2.35. The summed E-state index contributed by atoms with van der Waals surface area (Å²) in [6.45, 7) is 4.64. The fourth-order valence-corrected chi connectivity index (χ4v) is 5.53. The number of fused-ring (bicyclic) bond motifs is 1. The molecule has 3 aromatic rings. The Labute approximate surface area is 160 Å². The number of hydrogen-bond acceptors (Lipinski definition) is 3. The van der Waals surface area contributed by atoms with E-state index in [9.17, 15) is 8.42 Å². The predicted octanol–water partition coefficient (Wildman–Crippen LogP) is 3.37. The zero-order chi connectivity index (χ0) is 19.2. The van der Waals surface area contributed by atoms with Crippen molar-refractivity contribution < 1.29 is 8.42 Å². The molecule has 0 bridgehead atoms. The van der Waals surface area contributed by atoms with Crippen molar-refractivity contribution >= 4 is 10.0 Å². The van der Waals surface area contributed by atoms with Crippen molar-refractivity contribution in [1.29, 1.82) is 0 Å². The van der Waals surface area contributed by atoms with Crippen LogP contribution in [-0.4, -0.2) is 29.0 Å². The van der Waals surface area contributed by atoms with Crippen LogP contribution < -0.4 is 0 Å². The maximum Gasteiger partial charge on any atom is 0.243 e. The average molecular weight is 382 g/mol. The van der Waals surface area contributed by atoms with E-state index in [4.69, 9.17) is 0 Å². The van der Waals surface area contributed by atoms with Gasteiger partial charge in [0.1, 0.15) is 0 Å². The summed E-state index contributed by atoms with van der Waals surface area (Å²) in [5.41, 5.74) is 5.10. The topological polar surface area (TPSA) is 55.2 Å². The van der Waals surface area contributed by atoms with Gasteiger partial charge in [-0.3, -0.25) is 4.68 Å². The highest BCUT2D eigenvalue weighted by atomic mass is 32.2. The van der Waals surface area contributed by atoms with E-state index in [2.05, 4.69) is 11.2 Å². The lowest BCUT2D eigenvalue weighted by atomic mass is 9.87. The van der Waals surface area contributed by atoms with Crippen LogP contribution >= 0.6 is 0 Å². The Balaban J connectivity index is 1.79. The second-order valence-electron chi connectivity index (χ2n) is 7.27. The van der Waals surface area contributed by atoms with Crippen LogP contribution in [0.5, 0.6) is 0 Å². The number of benzene rings is 2.